The van der Waals surface area contributed by atoms with Gasteiger partial charge in [-0.2, -0.15) is 5.10 Å². The number of nitrogens with zero attached hydrogens (tertiary/aromatic N) is 3. The van der Waals surface area contributed by atoms with Gasteiger partial charge < -0.3 is 9.80 Å². The Balaban J connectivity index is 1.26. The van der Waals surface area contributed by atoms with Gasteiger partial charge in [-0.15, -0.1) is 0 Å². The number of hydrogen-bond donors (Lipinski definition) is 1. The van der Waals surface area contributed by atoms with Gasteiger partial charge in [0.05, 0.1) is 5.69 Å². The molecule has 0 spiro atoms. The van der Waals surface area contributed by atoms with Crippen LogP contribution in [0.1, 0.15) is 61.8 Å². The topological polar surface area (TPSA) is 52.2 Å². The standard InChI is InChI=1S/C21H34N4O/c26-21-19-9-5-4-8-18(19)20(22-23-21)10-11-24-12-14-25(15-13-24)16-17-6-2-1-3-7-17/h17H,1-16H2,(H,23,26). The minimum atomic E-state index is 0.0415. The minimum Gasteiger partial charge on any atom is -0.301 e. The van der Waals surface area contributed by atoms with Gasteiger partial charge in [-0.05, 0) is 50.0 Å². The van der Waals surface area contributed by atoms with Crippen molar-refractivity contribution >= 4 is 0 Å². The fourth-order valence-corrected chi connectivity index (χ4v) is 5.13. The zero-order valence-electron chi connectivity index (χ0n) is 16.1. The molecule has 1 saturated carbocycles. The first-order valence-electron chi connectivity index (χ1n) is 10.8. The average Bonchev–Trinajstić information content (AvgIpc) is 2.70. The Morgan fingerprint density at radius 1 is 0.885 bits per heavy atom. The van der Waals surface area contributed by atoms with Gasteiger partial charge in [0.15, 0.2) is 0 Å². The molecule has 2 heterocycles. The molecule has 1 aromatic rings. The van der Waals surface area contributed by atoms with Crippen molar-refractivity contribution in [2.45, 2.75) is 64.2 Å². The summed E-state index contributed by atoms with van der Waals surface area (Å²) in [5, 5.41) is 7.13. The molecule has 1 aromatic heterocycles. The summed E-state index contributed by atoms with van der Waals surface area (Å²) in [5.41, 5.74) is 3.46. The quantitative estimate of drug-likeness (QED) is 0.878. The zero-order valence-corrected chi connectivity index (χ0v) is 16.1. The second kappa shape index (κ2) is 8.66. The molecule has 2 aliphatic carbocycles. The molecule has 0 amide bonds. The van der Waals surface area contributed by atoms with E-state index in [1.807, 2.05) is 0 Å². The SMILES string of the molecule is O=c1[nH]nc(CCN2CCN(CC3CCCCC3)CC2)c2c1CCCC2. The highest BCUT2D eigenvalue weighted by atomic mass is 16.1. The van der Waals surface area contributed by atoms with Crippen LogP contribution in [0.4, 0.5) is 0 Å². The van der Waals surface area contributed by atoms with E-state index in [4.69, 9.17) is 0 Å². The van der Waals surface area contributed by atoms with Crippen molar-refractivity contribution in [1.82, 2.24) is 20.0 Å². The van der Waals surface area contributed by atoms with Crippen LogP contribution >= 0.6 is 0 Å². The van der Waals surface area contributed by atoms with Crippen molar-refractivity contribution in [2.75, 3.05) is 39.3 Å². The lowest BCUT2D eigenvalue weighted by atomic mass is 9.89. The first-order valence-corrected chi connectivity index (χ1v) is 10.8. The Hall–Kier alpha value is -1.20. The second-order valence-corrected chi connectivity index (χ2v) is 8.56. The van der Waals surface area contributed by atoms with E-state index in [9.17, 15) is 4.79 Å². The number of aromatic amines is 1. The first-order chi connectivity index (χ1) is 12.8. The van der Waals surface area contributed by atoms with Crippen LogP contribution in [0.15, 0.2) is 4.79 Å². The van der Waals surface area contributed by atoms with Crippen LogP contribution in [0.2, 0.25) is 0 Å². The largest absolute Gasteiger partial charge is 0.301 e. The maximum absolute atomic E-state index is 12.0. The molecule has 1 aliphatic heterocycles. The highest BCUT2D eigenvalue weighted by Crippen LogP contribution is 2.25. The van der Waals surface area contributed by atoms with Gasteiger partial charge in [-0.25, -0.2) is 5.10 Å². The number of H-pyrrole nitrogens is 1. The second-order valence-electron chi connectivity index (χ2n) is 8.56. The predicted octanol–water partition coefficient (Wildman–Crippen LogP) is 2.39. The van der Waals surface area contributed by atoms with Crippen molar-refractivity contribution < 1.29 is 0 Å². The van der Waals surface area contributed by atoms with E-state index in [1.54, 1.807) is 0 Å². The summed E-state index contributed by atoms with van der Waals surface area (Å²) >= 11 is 0. The van der Waals surface area contributed by atoms with E-state index >= 15 is 0 Å². The van der Waals surface area contributed by atoms with Gasteiger partial charge in [-0.3, -0.25) is 4.79 Å². The fraction of sp³-hybridized carbons (Fsp3) is 0.810. The van der Waals surface area contributed by atoms with Crippen LogP contribution < -0.4 is 5.56 Å². The fourth-order valence-electron chi connectivity index (χ4n) is 5.13. The molecule has 0 unspecified atom stereocenters. The number of rotatable bonds is 5. The third kappa shape index (κ3) is 4.37. The number of piperazine rings is 1. The van der Waals surface area contributed by atoms with Crippen LogP contribution in [0.3, 0.4) is 0 Å². The third-order valence-corrected chi connectivity index (χ3v) is 6.75. The van der Waals surface area contributed by atoms with E-state index in [2.05, 4.69) is 20.0 Å². The molecule has 5 heteroatoms. The number of nitrogens with one attached hydrogen (secondary N) is 1. The Kier molecular flexibility index (Phi) is 6.05. The molecule has 5 nitrogen and oxygen atoms in total. The van der Waals surface area contributed by atoms with Crippen LogP contribution in [0, 0.1) is 5.92 Å². The van der Waals surface area contributed by atoms with Gasteiger partial charge in [0.1, 0.15) is 0 Å². The van der Waals surface area contributed by atoms with Gasteiger partial charge in [0.2, 0.25) is 0 Å². The summed E-state index contributed by atoms with van der Waals surface area (Å²) in [5.74, 6) is 0.951. The van der Waals surface area contributed by atoms with Gasteiger partial charge in [-0.1, -0.05) is 19.3 Å². The third-order valence-electron chi connectivity index (χ3n) is 6.75. The normalized spacial score (nSPS) is 23.1. The predicted molar refractivity (Wildman–Crippen MR) is 105 cm³/mol. The molecule has 0 bridgehead atoms. The summed E-state index contributed by atoms with van der Waals surface area (Å²) < 4.78 is 0. The lowest BCUT2D eigenvalue weighted by molar-refractivity contribution is 0.110. The molecule has 1 saturated heterocycles. The molecule has 3 aliphatic rings. The van der Waals surface area contributed by atoms with E-state index in [1.165, 1.54) is 76.8 Å². The van der Waals surface area contributed by atoms with Crippen molar-refractivity contribution in [1.29, 1.82) is 0 Å². The molecule has 4 rings (SSSR count). The Bertz CT molecular complexity index is 642. The maximum Gasteiger partial charge on any atom is 0.267 e. The van der Waals surface area contributed by atoms with E-state index < -0.39 is 0 Å². The van der Waals surface area contributed by atoms with E-state index in [0.717, 1.165) is 49.4 Å². The van der Waals surface area contributed by atoms with Crippen LogP contribution in [0.25, 0.3) is 0 Å². The van der Waals surface area contributed by atoms with Crippen molar-refractivity contribution in [2.24, 2.45) is 5.92 Å². The smallest absolute Gasteiger partial charge is 0.267 e. The Morgan fingerprint density at radius 2 is 1.58 bits per heavy atom. The monoisotopic (exact) mass is 358 g/mol. The molecule has 0 atom stereocenters. The van der Waals surface area contributed by atoms with Crippen LogP contribution in [0.5, 0.6) is 0 Å². The number of aromatic nitrogens is 2. The lowest BCUT2D eigenvalue weighted by Gasteiger charge is -2.37. The average molecular weight is 359 g/mol. The first kappa shape index (κ1) is 18.2. The molecule has 0 aromatic carbocycles. The van der Waals surface area contributed by atoms with Crippen molar-refractivity contribution in [3.63, 3.8) is 0 Å². The van der Waals surface area contributed by atoms with E-state index in [-0.39, 0.29) is 5.56 Å². The zero-order chi connectivity index (χ0) is 17.8. The van der Waals surface area contributed by atoms with Gasteiger partial charge in [0, 0.05) is 51.3 Å². The van der Waals surface area contributed by atoms with E-state index in [0.29, 0.717) is 0 Å². The summed E-state index contributed by atoms with van der Waals surface area (Å²) in [6.45, 7) is 7.18. The van der Waals surface area contributed by atoms with Crippen molar-refractivity contribution in [3.8, 4) is 0 Å². The summed E-state index contributed by atoms with van der Waals surface area (Å²) in [6.07, 6.45) is 12.5. The molecular formula is C21H34N4O. The highest BCUT2D eigenvalue weighted by Gasteiger charge is 2.22. The molecule has 1 N–H and O–H groups in total. The van der Waals surface area contributed by atoms with Crippen molar-refractivity contribution in [3.05, 3.63) is 27.2 Å². The molecule has 144 valence electrons. The molecular weight excluding hydrogens is 324 g/mol. The summed E-state index contributed by atoms with van der Waals surface area (Å²) in [7, 11) is 0. The number of hydrogen-bond acceptors (Lipinski definition) is 4. The van der Waals surface area contributed by atoms with Crippen LogP contribution in [-0.4, -0.2) is 59.3 Å². The van der Waals surface area contributed by atoms with Gasteiger partial charge >= 0.3 is 0 Å². The van der Waals surface area contributed by atoms with Gasteiger partial charge in [0.25, 0.3) is 5.56 Å². The summed E-state index contributed by atoms with van der Waals surface area (Å²) in [6, 6.07) is 0. The summed E-state index contributed by atoms with van der Waals surface area (Å²) in [4.78, 5) is 17.3. The highest BCUT2D eigenvalue weighted by molar-refractivity contribution is 5.30. The maximum atomic E-state index is 12.0. The van der Waals surface area contributed by atoms with Crippen LogP contribution in [-0.2, 0) is 19.3 Å². The Labute approximate surface area is 157 Å². The minimum absolute atomic E-state index is 0.0415. The Morgan fingerprint density at radius 3 is 2.35 bits per heavy atom. The number of fused-ring (bicyclic) bond motifs is 1. The molecule has 0 radical (unpaired) electrons. The lowest BCUT2D eigenvalue weighted by Crippen LogP contribution is -2.48. The molecule has 2 fully saturated rings. The molecule has 26 heavy (non-hydrogen) atoms.